The molecule has 206 valence electrons. The molecule has 3 aromatic carbocycles. The Balaban J connectivity index is 1.33. The van der Waals surface area contributed by atoms with E-state index in [1.165, 1.54) is 16.7 Å². The second-order valence-electron chi connectivity index (χ2n) is 9.12. The van der Waals surface area contributed by atoms with Gasteiger partial charge in [0.15, 0.2) is 12.7 Å². The van der Waals surface area contributed by atoms with E-state index in [2.05, 4.69) is 0 Å². The standard InChI is InChI=1S/C30H28N2O7S/c1-36-22-12-14-23(15-13-22)37-17-24(33)38-16-21-18-40-29-25(31)28(34)32(29)26(21)30(35)39-27(19-8-4-2-5-9-19)20-10-6-3-7-11-20/h2-15,25,27,29H,16-18,31H2,1H3/t25?,29-/m1/s1. The third-order valence-electron chi connectivity index (χ3n) is 6.53. The maximum Gasteiger partial charge on any atom is 0.356 e. The van der Waals surface area contributed by atoms with Crippen molar-refractivity contribution in [1.82, 2.24) is 4.90 Å². The zero-order chi connectivity index (χ0) is 28.1. The largest absolute Gasteiger partial charge is 0.497 e. The number of carbonyl (C=O) groups excluding carboxylic acids is 3. The van der Waals surface area contributed by atoms with Gasteiger partial charge in [-0.3, -0.25) is 9.69 Å². The number of fused-ring (bicyclic) bond motifs is 1. The minimum Gasteiger partial charge on any atom is -0.497 e. The van der Waals surface area contributed by atoms with Crippen LogP contribution in [0.1, 0.15) is 17.2 Å². The molecule has 2 aliphatic heterocycles. The highest BCUT2D eigenvalue weighted by Crippen LogP contribution is 2.41. The van der Waals surface area contributed by atoms with Gasteiger partial charge >= 0.3 is 11.9 Å². The van der Waals surface area contributed by atoms with Gasteiger partial charge in [-0.25, -0.2) is 9.59 Å². The predicted molar refractivity (Wildman–Crippen MR) is 148 cm³/mol. The minimum atomic E-state index is -0.714. The number of methoxy groups -OCH3 is 1. The highest BCUT2D eigenvalue weighted by molar-refractivity contribution is 8.00. The summed E-state index contributed by atoms with van der Waals surface area (Å²) in [4.78, 5) is 40.3. The molecule has 3 aromatic rings. The summed E-state index contributed by atoms with van der Waals surface area (Å²) in [6, 6.07) is 24.8. The first-order valence-corrected chi connectivity index (χ1v) is 13.7. The molecule has 2 atom stereocenters. The van der Waals surface area contributed by atoms with E-state index in [1.54, 1.807) is 31.4 Å². The van der Waals surface area contributed by atoms with E-state index >= 15 is 0 Å². The van der Waals surface area contributed by atoms with Gasteiger partial charge in [-0.1, -0.05) is 60.7 Å². The molecule has 0 bridgehead atoms. The van der Waals surface area contributed by atoms with Crippen LogP contribution in [0.5, 0.6) is 11.5 Å². The van der Waals surface area contributed by atoms with Crippen LogP contribution < -0.4 is 15.2 Å². The fourth-order valence-corrected chi connectivity index (χ4v) is 5.72. The molecule has 1 amide bonds. The van der Waals surface area contributed by atoms with E-state index in [1.807, 2.05) is 60.7 Å². The Morgan fingerprint density at radius 1 is 0.950 bits per heavy atom. The number of rotatable bonds is 10. The highest BCUT2D eigenvalue weighted by Gasteiger charge is 2.52. The van der Waals surface area contributed by atoms with Crippen molar-refractivity contribution in [3.8, 4) is 11.5 Å². The summed E-state index contributed by atoms with van der Waals surface area (Å²) >= 11 is 1.41. The summed E-state index contributed by atoms with van der Waals surface area (Å²) in [5, 5.41) is -0.389. The summed E-state index contributed by atoms with van der Waals surface area (Å²) in [7, 11) is 1.56. The molecular weight excluding hydrogens is 532 g/mol. The molecule has 1 unspecified atom stereocenters. The van der Waals surface area contributed by atoms with Crippen LogP contribution in [0.3, 0.4) is 0 Å². The van der Waals surface area contributed by atoms with Crippen LogP contribution in [0.2, 0.25) is 0 Å². The molecule has 10 heteroatoms. The molecule has 0 saturated carbocycles. The second-order valence-corrected chi connectivity index (χ2v) is 10.2. The van der Waals surface area contributed by atoms with Crippen LogP contribution in [-0.4, -0.2) is 60.2 Å². The molecule has 1 saturated heterocycles. The van der Waals surface area contributed by atoms with Crippen molar-refractivity contribution >= 4 is 29.6 Å². The average molecular weight is 561 g/mol. The Bertz CT molecular complexity index is 1360. The summed E-state index contributed by atoms with van der Waals surface area (Å²) in [6.45, 7) is -0.526. The monoisotopic (exact) mass is 560 g/mol. The number of hydrogen-bond donors (Lipinski definition) is 1. The number of ether oxygens (including phenoxy) is 4. The fraction of sp³-hybridized carbons (Fsp3) is 0.233. The van der Waals surface area contributed by atoms with Gasteiger partial charge in [0.05, 0.1) is 7.11 Å². The first-order valence-electron chi connectivity index (χ1n) is 12.6. The number of amides is 1. The molecule has 0 aliphatic carbocycles. The highest BCUT2D eigenvalue weighted by atomic mass is 32.2. The quantitative estimate of drug-likeness (QED) is 0.294. The van der Waals surface area contributed by atoms with Crippen molar-refractivity contribution in [3.05, 3.63) is 107 Å². The molecule has 9 nitrogen and oxygen atoms in total. The van der Waals surface area contributed by atoms with E-state index < -0.39 is 24.1 Å². The van der Waals surface area contributed by atoms with Gasteiger partial charge in [0.1, 0.15) is 35.2 Å². The van der Waals surface area contributed by atoms with Crippen LogP contribution in [0.25, 0.3) is 0 Å². The lowest BCUT2D eigenvalue weighted by molar-refractivity contribution is -0.153. The van der Waals surface area contributed by atoms with Gasteiger partial charge in [-0.15, -0.1) is 11.8 Å². The van der Waals surface area contributed by atoms with Crippen molar-refractivity contribution in [2.45, 2.75) is 17.5 Å². The number of nitrogens with two attached hydrogens (primary N) is 1. The average Bonchev–Trinajstić information content (AvgIpc) is 3.01. The number of thioether (sulfide) groups is 1. The topological polar surface area (TPSA) is 117 Å². The zero-order valence-corrected chi connectivity index (χ0v) is 22.5. The Hall–Kier alpha value is -4.28. The third kappa shape index (κ3) is 5.83. The van der Waals surface area contributed by atoms with Gasteiger partial charge in [0, 0.05) is 11.3 Å². The van der Waals surface area contributed by atoms with Crippen molar-refractivity contribution in [2.24, 2.45) is 5.73 Å². The molecule has 1 fully saturated rings. The normalized spacial score (nSPS) is 18.1. The first kappa shape index (κ1) is 27.3. The molecule has 0 aromatic heterocycles. The lowest BCUT2D eigenvalue weighted by Crippen LogP contribution is -2.68. The zero-order valence-electron chi connectivity index (χ0n) is 21.7. The van der Waals surface area contributed by atoms with Crippen LogP contribution in [0.15, 0.2) is 96.2 Å². The number of β-lactam (4-membered cyclic amide) rings is 1. The molecule has 5 rings (SSSR count). The summed E-state index contributed by atoms with van der Waals surface area (Å²) in [5.74, 6) is -0.209. The van der Waals surface area contributed by atoms with E-state index in [0.29, 0.717) is 22.8 Å². The molecule has 0 spiro atoms. The predicted octanol–water partition coefficient (Wildman–Crippen LogP) is 3.45. The van der Waals surface area contributed by atoms with Crippen molar-refractivity contribution in [2.75, 3.05) is 26.1 Å². The third-order valence-corrected chi connectivity index (χ3v) is 7.90. The molecule has 2 aliphatic rings. The van der Waals surface area contributed by atoms with Crippen LogP contribution in [-0.2, 0) is 23.9 Å². The Labute approximate surface area is 235 Å². The van der Waals surface area contributed by atoms with E-state index in [0.717, 1.165) is 11.1 Å². The van der Waals surface area contributed by atoms with Crippen molar-refractivity contribution < 1.29 is 33.3 Å². The van der Waals surface area contributed by atoms with E-state index in [4.69, 9.17) is 24.7 Å². The molecular formula is C30H28N2O7S. The minimum absolute atomic E-state index is 0.0659. The summed E-state index contributed by atoms with van der Waals surface area (Å²) < 4.78 is 22.1. The lowest BCUT2D eigenvalue weighted by atomic mass is 10.0. The Morgan fingerprint density at radius 3 is 2.15 bits per heavy atom. The Morgan fingerprint density at radius 2 is 1.55 bits per heavy atom. The number of hydrogen-bond acceptors (Lipinski definition) is 9. The number of carbonyl (C=O) groups is 3. The smallest absolute Gasteiger partial charge is 0.356 e. The SMILES string of the molecule is COc1ccc(OCC(=O)OCC2=C(C(=O)OC(c3ccccc3)c3ccccc3)N3C(=O)C(N)[C@H]3SC2)cc1. The van der Waals surface area contributed by atoms with Gasteiger partial charge in [-0.2, -0.15) is 0 Å². The lowest BCUT2D eigenvalue weighted by Gasteiger charge is -2.48. The van der Waals surface area contributed by atoms with Gasteiger partial charge in [0.25, 0.3) is 0 Å². The van der Waals surface area contributed by atoms with Gasteiger partial charge in [0.2, 0.25) is 5.91 Å². The number of benzene rings is 3. The van der Waals surface area contributed by atoms with Crippen LogP contribution in [0.4, 0.5) is 0 Å². The Kier molecular flexibility index (Phi) is 8.37. The maximum atomic E-state index is 13.7. The van der Waals surface area contributed by atoms with Crippen molar-refractivity contribution in [3.63, 3.8) is 0 Å². The second kappa shape index (κ2) is 12.3. The number of nitrogens with zero attached hydrogens (tertiary/aromatic N) is 1. The number of esters is 2. The molecule has 2 N–H and O–H groups in total. The van der Waals surface area contributed by atoms with Crippen LogP contribution in [0, 0.1) is 0 Å². The molecule has 0 radical (unpaired) electrons. The summed E-state index contributed by atoms with van der Waals surface area (Å²) in [5.41, 5.74) is 8.09. The summed E-state index contributed by atoms with van der Waals surface area (Å²) in [6.07, 6.45) is -0.706. The van der Waals surface area contributed by atoms with Crippen molar-refractivity contribution in [1.29, 1.82) is 0 Å². The van der Waals surface area contributed by atoms with Gasteiger partial charge in [-0.05, 0) is 35.4 Å². The van der Waals surface area contributed by atoms with Crippen LogP contribution >= 0.6 is 11.8 Å². The first-order chi connectivity index (χ1) is 19.5. The van der Waals surface area contributed by atoms with E-state index in [9.17, 15) is 14.4 Å². The molecule has 2 heterocycles. The molecule has 40 heavy (non-hydrogen) atoms. The van der Waals surface area contributed by atoms with Gasteiger partial charge < -0.3 is 24.7 Å². The maximum absolute atomic E-state index is 13.7. The fourth-order valence-electron chi connectivity index (χ4n) is 4.45. The van der Waals surface area contributed by atoms with E-state index in [-0.39, 0.29) is 30.2 Å².